The van der Waals surface area contributed by atoms with Gasteiger partial charge in [-0.15, -0.1) is 0 Å². The number of aromatic amines is 1. The summed E-state index contributed by atoms with van der Waals surface area (Å²) < 4.78 is 16.5. The molecule has 2 atom stereocenters. The number of anilines is 1. The lowest BCUT2D eigenvalue weighted by Gasteiger charge is -2.17. The zero-order valence-corrected chi connectivity index (χ0v) is 16.4. The summed E-state index contributed by atoms with van der Waals surface area (Å²) in [5.41, 5.74) is 2.49. The second kappa shape index (κ2) is 8.12. The van der Waals surface area contributed by atoms with Gasteiger partial charge in [0.2, 0.25) is 0 Å². The molecule has 1 fully saturated rings. The number of hydrogen-bond donors (Lipinski definition) is 1. The zero-order valence-electron chi connectivity index (χ0n) is 16.4. The summed E-state index contributed by atoms with van der Waals surface area (Å²) in [6.07, 6.45) is 2.80. The van der Waals surface area contributed by atoms with Crippen LogP contribution in [-0.2, 0) is 9.47 Å². The van der Waals surface area contributed by atoms with Gasteiger partial charge < -0.3 is 19.1 Å². The average molecular weight is 383 g/mol. The molecular formula is C20H25N5O3. The van der Waals surface area contributed by atoms with Crippen LogP contribution in [0.1, 0.15) is 13.3 Å². The van der Waals surface area contributed by atoms with Crippen molar-refractivity contribution in [3.63, 3.8) is 0 Å². The van der Waals surface area contributed by atoms with E-state index in [0.29, 0.717) is 6.61 Å². The van der Waals surface area contributed by atoms with Crippen LogP contribution in [0.3, 0.4) is 0 Å². The number of aromatic nitrogens is 4. The van der Waals surface area contributed by atoms with Crippen molar-refractivity contribution in [3.8, 4) is 17.1 Å². The summed E-state index contributed by atoms with van der Waals surface area (Å²) in [5, 5.41) is 8.52. The molecule has 1 saturated heterocycles. The Morgan fingerprint density at radius 1 is 1.25 bits per heavy atom. The fourth-order valence-electron chi connectivity index (χ4n) is 3.54. The number of ether oxygens (including phenoxy) is 3. The molecule has 2 aromatic heterocycles. The van der Waals surface area contributed by atoms with Crippen molar-refractivity contribution in [2.75, 3.05) is 38.8 Å². The van der Waals surface area contributed by atoms with Gasteiger partial charge in [0.1, 0.15) is 29.7 Å². The predicted molar refractivity (Wildman–Crippen MR) is 107 cm³/mol. The molecular weight excluding hydrogens is 358 g/mol. The Hall–Kier alpha value is -2.71. The maximum atomic E-state index is 5.93. The van der Waals surface area contributed by atoms with Crippen LogP contribution in [0.5, 0.6) is 5.75 Å². The molecule has 0 unspecified atom stereocenters. The highest BCUT2D eigenvalue weighted by Crippen LogP contribution is 2.30. The Morgan fingerprint density at radius 2 is 2.14 bits per heavy atom. The molecule has 0 amide bonds. The van der Waals surface area contributed by atoms with E-state index in [1.54, 1.807) is 20.5 Å². The number of H-pyrrole nitrogens is 1. The highest BCUT2D eigenvalue weighted by atomic mass is 16.5. The first-order valence-electron chi connectivity index (χ1n) is 9.42. The quantitative estimate of drug-likeness (QED) is 0.671. The first-order chi connectivity index (χ1) is 13.7. The smallest absolute Gasteiger partial charge is 0.132 e. The van der Waals surface area contributed by atoms with Gasteiger partial charge in [-0.2, -0.15) is 5.10 Å². The number of hydrogen-bond acceptors (Lipinski definition) is 7. The zero-order chi connectivity index (χ0) is 19.5. The largest absolute Gasteiger partial charge is 0.488 e. The fourth-order valence-corrected chi connectivity index (χ4v) is 3.54. The standard InChI is InChI=1S/C20H25N5O3/c1-13(11-26-2)28-14-4-5-17-16(8-14)20(24-23-17)18-9-19(22-12-21-18)25-7-6-15(10-25)27-3/h4-5,8-9,12-13,15H,6-7,10-11H2,1-3H3,(H,23,24)/t13-,15-/m0/s1. The lowest BCUT2D eigenvalue weighted by atomic mass is 10.1. The molecule has 1 aliphatic heterocycles. The average Bonchev–Trinajstić information content (AvgIpc) is 3.35. The van der Waals surface area contributed by atoms with E-state index < -0.39 is 0 Å². The summed E-state index contributed by atoms with van der Waals surface area (Å²) >= 11 is 0. The third kappa shape index (κ3) is 3.79. The minimum atomic E-state index is -0.0349. The van der Waals surface area contributed by atoms with Crippen molar-refractivity contribution in [2.24, 2.45) is 0 Å². The summed E-state index contributed by atoms with van der Waals surface area (Å²) in [6, 6.07) is 7.86. The summed E-state index contributed by atoms with van der Waals surface area (Å²) in [5.74, 6) is 1.67. The Labute approximate surface area is 163 Å². The summed E-state index contributed by atoms with van der Waals surface area (Å²) in [7, 11) is 3.42. The molecule has 1 aromatic carbocycles. The number of methoxy groups -OCH3 is 2. The van der Waals surface area contributed by atoms with Crippen molar-refractivity contribution in [2.45, 2.75) is 25.6 Å². The van der Waals surface area contributed by atoms with E-state index in [2.05, 4.69) is 25.1 Å². The molecule has 8 nitrogen and oxygen atoms in total. The second-order valence-corrected chi connectivity index (χ2v) is 7.02. The molecule has 148 valence electrons. The second-order valence-electron chi connectivity index (χ2n) is 7.02. The maximum absolute atomic E-state index is 5.93. The minimum absolute atomic E-state index is 0.0349. The molecule has 0 radical (unpaired) electrons. The fraction of sp³-hybridized carbons (Fsp3) is 0.450. The lowest BCUT2D eigenvalue weighted by molar-refractivity contribution is 0.0922. The molecule has 4 rings (SSSR count). The van der Waals surface area contributed by atoms with E-state index >= 15 is 0 Å². The molecule has 3 aromatic rings. The van der Waals surface area contributed by atoms with Crippen LogP contribution in [0.4, 0.5) is 5.82 Å². The first kappa shape index (κ1) is 18.6. The molecule has 28 heavy (non-hydrogen) atoms. The van der Waals surface area contributed by atoms with Crippen LogP contribution >= 0.6 is 0 Å². The van der Waals surface area contributed by atoms with E-state index in [1.165, 1.54) is 0 Å². The highest BCUT2D eigenvalue weighted by molar-refractivity contribution is 5.93. The SMILES string of the molecule is COC[C@H](C)Oc1ccc2[nH]nc(-c3cc(N4CC[C@H](OC)C4)ncn3)c2c1. The summed E-state index contributed by atoms with van der Waals surface area (Å²) in [4.78, 5) is 11.1. The van der Waals surface area contributed by atoms with Crippen LogP contribution in [0.15, 0.2) is 30.6 Å². The van der Waals surface area contributed by atoms with Gasteiger partial charge in [0.15, 0.2) is 0 Å². The number of nitrogens with one attached hydrogen (secondary N) is 1. The molecule has 0 spiro atoms. The van der Waals surface area contributed by atoms with Crippen molar-refractivity contribution in [1.29, 1.82) is 0 Å². The molecule has 1 N–H and O–H groups in total. The number of rotatable bonds is 7. The van der Waals surface area contributed by atoms with Gasteiger partial charge in [-0.25, -0.2) is 9.97 Å². The van der Waals surface area contributed by atoms with Crippen molar-refractivity contribution >= 4 is 16.7 Å². The molecule has 3 heterocycles. The summed E-state index contributed by atoms with van der Waals surface area (Å²) in [6.45, 7) is 4.27. The van der Waals surface area contributed by atoms with Gasteiger partial charge in [0.25, 0.3) is 0 Å². The van der Waals surface area contributed by atoms with Gasteiger partial charge in [0, 0.05) is 38.8 Å². The van der Waals surface area contributed by atoms with Crippen LogP contribution in [-0.4, -0.2) is 66.3 Å². The van der Waals surface area contributed by atoms with Crippen LogP contribution in [0.2, 0.25) is 0 Å². The Balaban J connectivity index is 1.63. The first-order valence-corrected chi connectivity index (χ1v) is 9.42. The predicted octanol–water partition coefficient (Wildman–Crippen LogP) is 2.66. The monoisotopic (exact) mass is 383 g/mol. The van der Waals surface area contributed by atoms with Crippen LogP contribution in [0, 0.1) is 0 Å². The Kier molecular flexibility index (Phi) is 5.40. The topological polar surface area (TPSA) is 85.4 Å². The number of benzene rings is 1. The Bertz CT molecular complexity index is 944. The third-order valence-electron chi connectivity index (χ3n) is 4.97. The van der Waals surface area contributed by atoms with Crippen molar-refractivity contribution in [3.05, 3.63) is 30.6 Å². The van der Waals surface area contributed by atoms with Gasteiger partial charge in [-0.05, 0) is 31.5 Å². The van der Waals surface area contributed by atoms with Crippen molar-refractivity contribution < 1.29 is 14.2 Å². The van der Waals surface area contributed by atoms with Gasteiger partial charge >= 0.3 is 0 Å². The van der Waals surface area contributed by atoms with E-state index in [1.807, 2.05) is 31.2 Å². The van der Waals surface area contributed by atoms with Gasteiger partial charge in [-0.3, -0.25) is 5.10 Å². The molecule has 8 heteroatoms. The maximum Gasteiger partial charge on any atom is 0.132 e. The minimum Gasteiger partial charge on any atom is -0.488 e. The van der Waals surface area contributed by atoms with E-state index in [0.717, 1.165) is 53.4 Å². The van der Waals surface area contributed by atoms with E-state index in [-0.39, 0.29) is 12.2 Å². The van der Waals surface area contributed by atoms with Crippen LogP contribution in [0.25, 0.3) is 22.3 Å². The van der Waals surface area contributed by atoms with Gasteiger partial charge in [0.05, 0.1) is 23.9 Å². The molecule has 1 aliphatic rings. The molecule has 0 bridgehead atoms. The Morgan fingerprint density at radius 3 is 2.93 bits per heavy atom. The van der Waals surface area contributed by atoms with E-state index in [9.17, 15) is 0 Å². The highest BCUT2D eigenvalue weighted by Gasteiger charge is 2.24. The lowest BCUT2D eigenvalue weighted by Crippen LogP contribution is -2.23. The molecule has 0 aliphatic carbocycles. The van der Waals surface area contributed by atoms with Crippen LogP contribution < -0.4 is 9.64 Å². The normalized spacial score (nSPS) is 18.0. The molecule has 0 saturated carbocycles. The number of fused-ring (bicyclic) bond motifs is 1. The van der Waals surface area contributed by atoms with Crippen molar-refractivity contribution in [1.82, 2.24) is 20.2 Å². The van der Waals surface area contributed by atoms with E-state index in [4.69, 9.17) is 14.2 Å². The van der Waals surface area contributed by atoms with Gasteiger partial charge in [-0.1, -0.05) is 0 Å². The third-order valence-corrected chi connectivity index (χ3v) is 4.97. The number of nitrogens with zero attached hydrogens (tertiary/aromatic N) is 4.